The standard InChI is InChI=1S/C60H101NO10/c1-4-7-10-13-16-19-22-24-26-28-29-32-35-38-41-44-47-53(64)59(68)61-51(52(63)46-43-40-37-34-31-21-18-15-12-9-6-3)50-69-60-58(57(67)56(66)54(49-62)70-60)71-55(65)48-45-42-39-36-33-30-27-25-23-20-17-14-11-8-5-2/h8,11,14,16-17,19-20,23-24,26,29,32,38,41,43,46,51-54,56-58,60,62-64,66-67H,4-7,9-10,12-13,15,18,21-22,25,27-28,30-31,33-37,39-40,42,44-45,47-50H2,1-3H3,(H,61,68)/b11-8+,17-14+,19-16-,23-20+,26-24-,32-29-,41-38-,46-43+. The van der Waals surface area contributed by atoms with Gasteiger partial charge in [-0.15, -0.1) is 0 Å². The van der Waals surface area contributed by atoms with E-state index in [2.05, 4.69) is 86.8 Å². The molecule has 6 N–H and O–H groups in total. The molecule has 1 rings (SSSR count). The Hall–Kier alpha value is -3.42. The number of ether oxygens (including phenoxy) is 3. The lowest BCUT2D eigenvalue weighted by molar-refractivity contribution is -0.305. The number of rotatable bonds is 45. The van der Waals surface area contributed by atoms with Crippen LogP contribution >= 0.6 is 0 Å². The monoisotopic (exact) mass is 996 g/mol. The Morgan fingerprint density at radius 2 is 1.07 bits per heavy atom. The van der Waals surface area contributed by atoms with Crippen molar-refractivity contribution in [3.8, 4) is 0 Å². The molecule has 1 saturated heterocycles. The van der Waals surface area contributed by atoms with Crippen molar-refractivity contribution in [3.05, 3.63) is 97.2 Å². The number of esters is 1. The lowest BCUT2D eigenvalue weighted by atomic mass is 9.99. The third-order valence-corrected chi connectivity index (χ3v) is 12.5. The number of hydrogen-bond donors (Lipinski definition) is 6. The average Bonchev–Trinajstić information content (AvgIpc) is 3.37. The van der Waals surface area contributed by atoms with Crippen molar-refractivity contribution in [1.29, 1.82) is 0 Å². The quantitative estimate of drug-likeness (QED) is 0.0149. The Morgan fingerprint density at radius 1 is 0.577 bits per heavy atom. The van der Waals surface area contributed by atoms with Gasteiger partial charge in [0.1, 0.15) is 24.4 Å². The number of carbonyl (C=O) groups excluding carboxylic acids is 2. The van der Waals surface area contributed by atoms with Gasteiger partial charge in [-0.3, -0.25) is 9.59 Å². The first-order chi connectivity index (χ1) is 34.7. The fourth-order valence-corrected chi connectivity index (χ4v) is 8.05. The fraction of sp³-hybridized carbons (Fsp3) is 0.700. The van der Waals surface area contributed by atoms with Gasteiger partial charge in [-0.1, -0.05) is 214 Å². The van der Waals surface area contributed by atoms with E-state index in [0.717, 1.165) is 103 Å². The summed E-state index contributed by atoms with van der Waals surface area (Å²) in [6, 6.07) is -1.06. The van der Waals surface area contributed by atoms with Gasteiger partial charge in [0.15, 0.2) is 12.4 Å². The molecule has 0 aromatic rings. The maximum atomic E-state index is 13.3. The topological polar surface area (TPSA) is 175 Å². The summed E-state index contributed by atoms with van der Waals surface area (Å²) in [7, 11) is 0. The Morgan fingerprint density at radius 3 is 1.66 bits per heavy atom. The van der Waals surface area contributed by atoms with E-state index in [1.54, 1.807) is 6.08 Å². The molecule has 71 heavy (non-hydrogen) atoms. The third-order valence-electron chi connectivity index (χ3n) is 12.5. The van der Waals surface area contributed by atoms with Crippen molar-refractivity contribution in [2.75, 3.05) is 13.2 Å². The number of unbranched alkanes of at least 4 members (excludes halogenated alkanes) is 19. The van der Waals surface area contributed by atoms with Crippen LogP contribution in [0.3, 0.4) is 0 Å². The highest BCUT2D eigenvalue weighted by molar-refractivity contribution is 5.80. The summed E-state index contributed by atoms with van der Waals surface area (Å²) in [6.45, 7) is 5.55. The number of nitrogens with one attached hydrogen (secondary N) is 1. The van der Waals surface area contributed by atoms with Gasteiger partial charge >= 0.3 is 5.97 Å². The Kier molecular flexibility index (Phi) is 44.0. The molecule has 8 atom stereocenters. The molecule has 0 saturated carbocycles. The molecule has 1 aliphatic heterocycles. The van der Waals surface area contributed by atoms with Gasteiger partial charge in [0.2, 0.25) is 5.91 Å². The lowest BCUT2D eigenvalue weighted by Crippen LogP contribution is -2.61. The Balaban J connectivity index is 2.79. The highest BCUT2D eigenvalue weighted by atomic mass is 16.7. The predicted molar refractivity (Wildman–Crippen MR) is 292 cm³/mol. The molecule has 1 fully saturated rings. The van der Waals surface area contributed by atoms with Crippen molar-refractivity contribution >= 4 is 11.9 Å². The smallest absolute Gasteiger partial charge is 0.306 e. The molecular weight excluding hydrogens is 895 g/mol. The van der Waals surface area contributed by atoms with Crippen molar-refractivity contribution in [3.63, 3.8) is 0 Å². The molecule has 8 unspecified atom stereocenters. The number of hydrogen-bond acceptors (Lipinski definition) is 10. The van der Waals surface area contributed by atoms with Crippen LogP contribution in [0, 0.1) is 0 Å². The van der Waals surface area contributed by atoms with E-state index in [1.165, 1.54) is 57.8 Å². The molecule has 1 aliphatic rings. The molecule has 11 nitrogen and oxygen atoms in total. The minimum Gasteiger partial charge on any atom is -0.454 e. The van der Waals surface area contributed by atoms with Gasteiger partial charge in [0.05, 0.1) is 25.4 Å². The molecule has 406 valence electrons. The van der Waals surface area contributed by atoms with E-state index in [4.69, 9.17) is 14.2 Å². The second-order valence-electron chi connectivity index (χ2n) is 19.0. The van der Waals surface area contributed by atoms with Crippen LogP contribution in [0.4, 0.5) is 0 Å². The van der Waals surface area contributed by atoms with E-state index in [9.17, 15) is 35.1 Å². The summed E-state index contributed by atoms with van der Waals surface area (Å²) < 4.78 is 17.5. The molecular formula is C60H101NO10. The van der Waals surface area contributed by atoms with Gasteiger partial charge in [-0.05, 0) is 83.5 Å². The largest absolute Gasteiger partial charge is 0.454 e. The minimum atomic E-state index is -1.63. The summed E-state index contributed by atoms with van der Waals surface area (Å²) in [6.07, 6.45) is 51.7. The molecule has 0 spiro atoms. The summed E-state index contributed by atoms with van der Waals surface area (Å²) in [5, 5.41) is 56.7. The second kappa shape index (κ2) is 47.6. The number of carbonyl (C=O) groups is 2. The van der Waals surface area contributed by atoms with E-state index >= 15 is 0 Å². The molecule has 0 aromatic carbocycles. The lowest BCUT2D eigenvalue weighted by Gasteiger charge is -2.41. The summed E-state index contributed by atoms with van der Waals surface area (Å²) in [4.78, 5) is 26.4. The number of aliphatic hydroxyl groups excluding tert-OH is 5. The van der Waals surface area contributed by atoms with E-state index in [-0.39, 0.29) is 19.4 Å². The van der Waals surface area contributed by atoms with Crippen LogP contribution < -0.4 is 5.32 Å². The van der Waals surface area contributed by atoms with Crippen molar-refractivity contribution in [2.24, 2.45) is 0 Å². The molecule has 0 aromatic heterocycles. The Labute approximate surface area is 431 Å². The maximum Gasteiger partial charge on any atom is 0.306 e. The highest BCUT2D eigenvalue weighted by Crippen LogP contribution is 2.26. The number of allylic oxidation sites excluding steroid dienone is 15. The molecule has 1 amide bonds. The van der Waals surface area contributed by atoms with Crippen molar-refractivity contribution < 1.29 is 49.3 Å². The van der Waals surface area contributed by atoms with Crippen molar-refractivity contribution in [1.82, 2.24) is 5.32 Å². The van der Waals surface area contributed by atoms with Gasteiger partial charge < -0.3 is 45.1 Å². The third kappa shape index (κ3) is 36.2. The number of aliphatic hydroxyl groups is 5. The fourth-order valence-electron chi connectivity index (χ4n) is 8.05. The van der Waals surface area contributed by atoms with Crippen LogP contribution in [0.25, 0.3) is 0 Å². The molecule has 1 heterocycles. The van der Waals surface area contributed by atoms with Crippen molar-refractivity contribution in [2.45, 2.75) is 256 Å². The Bertz CT molecular complexity index is 1520. The summed E-state index contributed by atoms with van der Waals surface area (Å²) in [5.41, 5.74) is 0. The zero-order valence-electron chi connectivity index (χ0n) is 44.6. The second-order valence-corrected chi connectivity index (χ2v) is 19.0. The maximum absolute atomic E-state index is 13.3. The molecule has 11 heteroatoms. The SMILES string of the molecule is CC/C=C/C=C/C=C/CCCCCCCCCC(=O)OC1C(OCC(NC(=O)C(O)CC/C=C\C/C=C\C/C=C\C/C=C\CCCCC)C(O)/C=C/CCCCCCCCCCC)OC(CO)C(O)C1O. The zero-order valence-corrected chi connectivity index (χ0v) is 44.6. The van der Waals surface area contributed by atoms with Gasteiger partial charge in [0, 0.05) is 6.42 Å². The first-order valence-corrected chi connectivity index (χ1v) is 28.0. The predicted octanol–water partition coefficient (Wildman–Crippen LogP) is 12.4. The highest BCUT2D eigenvalue weighted by Gasteiger charge is 2.47. The van der Waals surface area contributed by atoms with E-state index in [0.29, 0.717) is 12.8 Å². The first kappa shape index (κ1) is 65.6. The molecule has 0 bridgehead atoms. The first-order valence-electron chi connectivity index (χ1n) is 28.0. The van der Waals surface area contributed by atoms with Crippen LogP contribution in [0.2, 0.25) is 0 Å². The summed E-state index contributed by atoms with van der Waals surface area (Å²) >= 11 is 0. The molecule has 0 radical (unpaired) electrons. The normalized spacial score (nSPS) is 20.4. The number of amides is 1. The minimum absolute atomic E-state index is 0.0985. The van der Waals surface area contributed by atoms with Crippen LogP contribution in [-0.4, -0.2) is 99.6 Å². The average molecular weight is 996 g/mol. The summed E-state index contributed by atoms with van der Waals surface area (Å²) in [5.74, 6) is -1.28. The van der Waals surface area contributed by atoms with Crippen LogP contribution in [0.1, 0.15) is 207 Å². The van der Waals surface area contributed by atoms with E-state index < -0.39 is 67.4 Å². The van der Waals surface area contributed by atoms with Gasteiger partial charge in [0.25, 0.3) is 0 Å². The van der Waals surface area contributed by atoms with Crippen LogP contribution in [0.5, 0.6) is 0 Å². The van der Waals surface area contributed by atoms with Gasteiger partial charge in [-0.2, -0.15) is 0 Å². The zero-order chi connectivity index (χ0) is 51.8. The van der Waals surface area contributed by atoms with Crippen LogP contribution in [0.15, 0.2) is 97.2 Å². The van der Waals surface area contributed by atoms with E-state index in [1.807, 2.05) is 30.4 Å². The van der Waals surface area contributed by atoms with Gasteiger partial charge in [-0.25, -0.2) is 0 Å². The molecule has 0 aliphatic carbocycles. The van der Waals surface area contributed by atoms with Crippen LogP contribution in [-0.2, 0) is 23.8 Å².